The summed E-state index contributed by atoms with van der Waals surface area (Å²) in [5, 5.41) is 6.15. The van der Waals surface area contributed by atoms with Crippen molar-refractivity contribution < 1.29 is 18.9 Å². The van der Waals surface area contributed by atoms with Crippen LogP contribution in [-0.2, 0) is 9.47 Å². The van der Waals surface area contributed by atoms with Crippen molar-refractivity contribution in [3.63, 3.8) is 0 Å². The van der Waals surface area contributed by atoms with E-state index in [0.717, 1.165) is 90.9 Å². The molecule has 0 bridgehead atoms. The smallest absolute Gasteiger partial charge is 0.142 e. The number of hydrogen-bond acceptors (Lipinski definition) is 7. The molecule has 0 N–H and O–H groups in total. The highest BCUT2D eigenvalue weighted by Crippen LogP contribution is 2.43. The van der Waals surface area contributed by atoms with Gasteiger partial charge in [0.2, 0.25) is 0 Å². The molecule has 2 saturated heterocycles. The van der Waals surface area contributed by atoms with Crippen LogP contribution < -0.4 is 14.4 Å². The second-order valence-electron chi connectivity index (χ2n) is 9.24. The van der Waals surface area contributed by atoms with Gasteiger partial charge in [0, 0.05) is 32.4 Å². The van der Waals surface area contributed by atoms with Gasteiger partial charge < -0.3 is 23.8 Å². The minimum atomic E-state index is 0.253. The van der Waals surface area contributed by atoms with Crippen LogP contribution in [0.25, 0.3) is 16.8 Å². The number of rotatable bonds is 8. The number of ether oxygens (including phenoxy) is 4. The van der Waals surface area contributed by atoms with Crippen molar-refractivity contribution in [3.8, 4) is 22.8 Å². The molecule has 188 valence electrons. The van der Waals surface area contributed by atoms with E-state index in [-0.39, 0.29) is 6.10 Å². The molecule has 2 fully saturated rings. The van der Waals surface area contributed by atoms with Crippen LogP contribution in [0.4, 0.5) is 5.69 Å². The standard InChI is InChI=1S/C27H35N3O4S/c1-18-15-23(31-2)25(24(16-18)32-3)21-8-5-9-22-26(27(35-4)28-30(21)22)29(17-20-7-6-12-34-20)19-10-13-33-14-11-19/h5,8-9,15-16,19-20H,6-7,10-14,17H2,1-4H3. The highest BCUT2D eigenvalue weighted by atomic mass is 32.2. The van der Waals surface area contributed by atoms with Crippen LogP contribution in [0.3, 0.4) is 0 Å². The number of fused-ring (bicyclic) bond motifs is 1. The predicted octanol–water partition coefficient (Wildman–Crippen LogP) is 5.21. The van der Waals surface area contributed by atoms with Gasteiger partial charge >= 0.3 is 0 Å². The molecule has 3 aromatic rings. The van der Waals surface area contributed by atoms with Crippen molar-refractivity contribution in [2.24, 2.45) is 0 Å². The monoisotopic (exact) mass is 497 g/mol. The Morgan fingerprint density at radius 2 is 1.83 bits per heavy atom. The summed E-state index contributed by atoms with van der Waals surface area (Å²) in [6.07, 6.45) is 6.62. The molecule has 2 aliphatic rings. The maximum absolute atomic E-state index is 6.08. The first-order valence-electron chi connectivity index (χ1n) is 12.4. The average Bonchev–Trinajstić information content (AvgIpc) is 3.54. The third-order valence-corrected chi connectivity index (χ3v) is 7.71. The number of hydrogen-bond donors (Lipinski definition) is 0. The molecular formula is C27H35N3O4S. The summed E-state index contributed by atoms with van der Waals surface area (Å²) in [6, 6.07) is 10.8. The lowest BCUT2D eigenvalue weighted by Crippen LogP contribution is -2.43. The highest BCUT2D eigenvalue weighted by Gasteiger charge is 2.31. The Balaban J connectivity index is 1.68. The molecule has 0 spiro atoms. The van der Waals surface area contributed by atoms with Gasteiger partial charge in [-0.25, -0.2) is 4.52 Å². The molecule has 0 aliphatic carbocycles. The van der Waals surface area contributed by atoms with E-state index in [1.807, 2.05) is 19.1 Å². The van der Waals surface area contributed by atoms with Crippen molar-refractivity contribution in [2.45, 2.75) is 49.8 Å². The molecule has 2 aromatic heterocycles. The minimum absolute atomic E-state index is 0.253. The molecule has 0 amide bonds. The Labute approximate surface area is 211 Å². The number of anilines is 1. The third kappa shape index (κ3) is 4.71. The highest BCUT2D eigenvalue weighted by molar-refractivity contribution is 7.98. The van der Waals surface area contributed by atoms with Gasteiger partial charge in [-0.3, -0.25) is 0 Å². The molecule has 4 heterocycles. The van der Waals surface area contributed by atoms with Gasteiger partial charge in [-0.15, -0.1) is 11.8 Å². The van der Waals surface area contributed by atoms with Crippen LogP contribution in [-0.4, -0.2) is 68.6 Å². The fraction of sp³-hybridized carbons (Fsp3) is 0.519. The molecule has 1 aromatic carbocycles. The topological polar surface area (TPSA) is 57.5 Å². The first-order valence-corrected chi connectivity index (χ1v) is 13.6. The summed E-state index contributed by atoms with van der Waals surface area (Å²) in [6.45, 7) is 5.37. The molecule has 1 unspecified atom stereocenters. The van der Waals surface area contributed by atoms with Gasteiger partial charge in [-0.2, -0.15) is 5.10 Å². The molecule has 0 saturated carbocycles. The lowest BCUT2D eigenvalue weighted by atomic mass is 10.0. The van der Waals surface area contributed by atoms with Gasteiger partial charge in [-0.1, -0.05) is 6.07 Å². The summed E-state index contributed by atoms with van der Waals surface area (Å²) in [4.78, 5) is 2.56. The summed E-state index contributed by atoms with van der Waals surface area (Å²) in [5.41, 5.74) is 5.21. The second kappa shape index (κ2) is 10.7. The van der Waals surface area contributed by atoms with Gasteiger partial charge in [0.1, 0.15) is 16.5 Å². The van der Waals surface area contributed by atoms with E-state index in [1.165, 1.54) is 5.69 Å². The van der Waals surface area contributed by atoms with E-state index in [1.54, 1.807) is 26.0 Å². The van der Waals surface area contributed by atoms with Crippen molar-refractivity contribution in [3.05, 3.63) is 35.9 Å². The molecule has 1 atom stereocenters. The van der Waals surface area contributed by atoms with Crippen LogP contribution >= 0.6 is 11.8 Å². The van der Waals surface area contributed by atoms with Crippen molar-refractivity contribution in [1.29, 1.82) is 0 Å². The zero-order chi connectivity index (χ0) is 24.4. The Hall–Kier alpha value is -2.42. The van der Waals surface area contributed by atoms with E-state index in [2.05, 4.69) is 33.9 Å². The van der Waals surface area contributed by atoms with Crippen LogP contribution in [0.15, 0.2) is 35.4 Å². The Morgan fingerprint density at radius 3 is 2.46 bits per heavy atom. The number of thioether (sulfide) groups is 1. The quantitative estimate of drug-likeness (QED) is 0.396. The summed E-state index contributed by atoms with van der Waals surface area (Å²) < 4.78 is 25.4. The Kier molecular flexibility index (Phi) is 7.41. The third-order valence-electron chi connectivity index (χ3n) is 7.04. The first kappa shape index (κ1) is 24.3. The lowest BCUT2D eigenvalue weighted by Gasteiger charge is -2.37. The predicted molar refractivity (Wildman–Crippen MR) is 140 cm³/mol. The maximum atomic E-state index is 6.08. The van der Waals surface area contributed by atoms with Crippen LogP contribution in [0.1, 0.15) is 31.2 Å². The number of benzene rings is 1. The molecular weight excluding hydrogens is 462 g/mol. The Morgan fingerprint density at radius 1 is 1.09 bits per heavy atom. The molecule has 35 heavy (non-hydrogen) atoms. The largest absolute Gasteiger partial charge is 0.496 e. The normalized spacial score (nSPS) is 18.8. The van der Waals surface area contributed by atoms with Crippen LogP contribution in [0, 0.1) is 6.92 Å². The van der Waals surface area contributed by atoms with Crippen molar-refractivity contribution in [2.75, 3.05) is 51.7 Å². The van der Waals surface area contributed by atoms with E-state index in [0.29, 0.717) is 6.04 Å². The molecule has 2 aliphatic heterocycles. The van der Waals surface area contributed by atoms with Gasteiger partial charge in [0.15, 0.2) is 0 Å². The molecule has 0 radical (unpaired) electrons. The van der Waals surface area contributed by atoms with Crippen LogP contribution in [0.5, 0.6) is 11.5 Å². The summed E-state index contributed by atoms with van der Waals surface area (Å²) in [5.74, 6) is 1.55. The minimum Gasteiger partial charge on any atom is -0.496 e. The summed E-state index contributed by atoms with van der Waals surface area (Å²) in [7, 11) is 3.41. The zero-order valence-corrected chi connectivity index (χ0v) is 21.9. The average molecular weight is 498 g/mol. The molecule has 8 heteroatoms. The van der Waals surface area contributed by atoms with E-state index >= 15 is 0 Å². The lowest BCUT2D eigenvalue weighted by molar-refractivity contribution is 0.0766. The maximum Gasteiger partial charge on any atom is 0.142 e. The number of aromatic nitrogens is 2. The Bertz CT molecular complexity index is 1140. The van der Waals surface area contributed by atoms with Crippen molar-refractivity contribution in [1.82, 2.24) is 9.61 Å². The first-order chi connectivity index (χ1) is 17.1. The zero-order valence-electron chi connectivity index (χ0n) is 21.1. The number of pyridine rings is 1. The second-order valence-corrected chi connectivity index (χ2v) is 10.0. The number of aryl methyl sites for hydroxylation is 1. The number of nitrogens with zero attached hydrogens (tertiary/aromatic N) is 3. The molecule has 5 rings (SSSR count). The van der Waals surface area contributed by atoms with E-state index < -0.39 is 0 Å². The van der Waals surface area contributed by atoms with Gasteiger partial charge in [-0.05, 0) is 68.7 Å². The fourth-order valence-electron chi connectivity index (χ4n) is 5.36. The van der Waals surface area contributed by atoms with Gasteiger partial charge in [0.05, 0.1) is 42.8 Å². The fourth-order valence-corrected chi connectivity index (χ4v) is 5.93. The van der Waals surface area contributed by atoms with E-state index in [4.69, 9.17) is 24.0 Å². The van der Waals surface area contributed by atoms with Gasteiger partial charge in [0.25, 0.3) is 0 Å². The molecule has 7 nitrogen and oxygen atoms in total. The number of methoxy groups -OCH3 is 2. The summed E-state index contributed by atoms with van der Waals surface area (Å²) >= 11 is 1.69. The SMILES string of the molecule is COc1cc(C)cc(OC)c1-c1cccc2c(N(CC3CCCO3)C3CCOCC3)c(SC)nn12. The van der Waals surface area contributed by atoms with Crippen molar-refractivity contribution >= 4 is 23.0 Å². The van der Waals surface area contributed by atoms with Crippen LogP contribution in [0.2, 0.25) is 0 Å². The van der Waals surface area contributed by atoms with E-state index in [9.17, 15) is 0 Å².